The summed E-state index contributed by atoms with van der Waals surface area (Å²) in [5, 5.41) is 0. The van der Waals surface area contributed by atoms with Crippen molar-refractivity contribution in [2.24, 2.45) is 5.41 Å². The molecular weight excluding hydrogens is 246 g/mol. The number of sulfone groups is 1. The van der Waals surface area contributed by atoms with E-state index in [1.54, 1.807) is 7.05 Å². The van der Waals surface area contributed by atoms with Crippen molar-refractivity contribution in [2.75, 3.05) is 31.4 Å². The zero-order valence-corrected chi connectivity index (χ0v) is 11.5. The van der Waals surface area contributed by atoms with Crippen LogP contribution >= 0.6 is 12.6 Å². The lowest BCUT2D eigenvalue weighted by Crippen LogP contribution is -2.33. The lowest BCUT2D eigenvalue weighted by Gasteiger charge is -2.19. The zero-order valence-electron chi connectivity index (χ0n) is 9.77. The van der Waals surface area contributed by atoms with Crippen molar-refractivity contribution in [2.45, 2.75) is 19.3 Å². The summed E-state index contributed by atoms with van der Waals surface area (Å²) in [6, 6.07) is 0. The summed E-state index contributed by atoms with van der Waals surface area (Å²) in [6.45, 7) is 0.278. The van der Waals surface area contributed by atoms with E-state index in [1.807, 2.05) is 0 Å². The third-order valence-corrected chi connectivity index (χ3v) is 4.64. The molecular formula is C10H19NO3S2. The number of hydrogen-bond acceptors (Lipinski definition) is 4. The molecule has 0 aromatic rings. The molecule has 0 spiro atoms. The predicted octanol–water partition coefficient (Wildman–Crippen LogP) is 0.589. The molecule has 0 aromatic heterocycles. The van der Waals surface area contributed by atoms with Crippen LogP contribution in [0.3, 0.4) is 0 Å². The Kier molecular flexibility index (Phi) is 4.29. The maximum absolute atomic E-state index is 11.8. The van der Waals surface area contributed by atoms with Gasteiger partial charge in [0.1, 0.15) is 9.84 Å². The number of nitrogens with zero attached hydrogens (tertiary/aromatic N) is 1. The van der Waals surface area contributed by atoms with E-state index in [0.717, 1.165) is 18.6 Å². The van der Waals surface area contributed by atoms with Crippen molar-refractivity contribution in [1.29, 1.82) is 0 Å². The maximum atomic E-state index is 11.8. The van der Waals surface area contributed by atoms with Gasteiger partial charge in [0.05, 0.1) is 5.75 Å². The highest BCUT2D eigenvalue weighted by atomic mass is 32.2. The summed E-state index contributed by atoms with van der Waals surface area (Å²) >= 11 is 4.24. The summed E-state index contributed by atoms with van der Waals surface area (Å²) in [4.78, 5) is 13.3. The maximum Gasteiger partial charge on any atom is 0.222 e. The predicted molar refractivity (Wildman–Crippen MR) is 67.5 cm³/mol. The van der Waals surface area contributed by atoms with Crippen LogP contribution in [0.4, 0.5) is 0 Å². The fourth-order valence-electron chi connectivity index (χ4n) is 1.45. The number of hydrogen-bond donors (Lipinski definition) is 1. The van der Waals surface area contributed by atoms with Crippen LogP contribution < -0.4 is 0 Å². The van der Waals surface area contributed by atoms with Gasteiger partial charge in [-0.15, -0.1) is 0 Å². The standard InChI is InChI=1S/C10H19NO3S2/c1-11(5-6-16(2,13)14)9(12)7-10(8-15)3-4-10/h15H,3-8H2,1-2H3. The number of thiol groups is 1. The molecule has 0 N–H and O–H groups in total. The molecule has 4 nitrogen and oxygen atoms in total. The highest BCUT2D eigenvalue weighted by molar-refractivity contribution is 7.90. The monoisotopic (exact) mass is 265 g/mol. The number of carbonyl (C=O) groups is 1. The molecule has 16 heavy (non-hydrogen) atoms. The molecule has 0 bridgehead atoms. The van der Waals surface area contributed by atoms with Crippen molar-refractivity contribution in [3.8, 4) is 0 Å². The number of amides is 1. The molecule has 0 aromatic carbocycles. The Bertz CT molecular complexity index is 360. The summed E-state index contributed by atoms with van der Waals surface area (Å²) in [7, 11) is -1.34. The minimum atomic E-state index is -3.00. The highest BCUT2D eigenvalue weighted by Gasteiger charge is 2.43. The molecule has 1 aliphatic rings. The fourth-order valence-corrected chi connectivity index (χ4v) is 2.48. The third-order valence-electron chi connectivity index (χ3n) is 3.04. The van der Waals surface area contributed by atoms with E-state index in [2.05, 4.69) is 12.6 Å². The van der Waals surface area contributed by atoms with E-state index in [9.17, 15) is 13.2 Å². The van der Waals surface area contributed by atoms with Crippen molar-refractivity contribution in [1.82, 2.24) is 4.90 Å². The van der Waals surface area contributed by atoms with Crippen LogP contribution in [0.1, 0.15) is 19.3 Å². The molecule has 1 fully saturated rings. The van der Waals surface area contributed by atoms with Gasteiger partial charge in [-0.05, 0) is 24.0 Å². The van der Waals surface area contributed by atoms with E-state index >= 15 is 0 Å². The minimum Gasteiger partial charge on any atom is -0.345 e. The molecule has 0 aliphatic heterocycles. The van der Waals surface area contributed by atoms with Gasteiger partial charge in [-0.25, -0.2) is 8.42 Å². The largest absolute Gasteiger partial charge is 0.345 e. The van der Waals surface area contributed by atoms with Gasteiger partial charge in [-0.2, -0.15) is 12.6 Å². The molecule has 0 unspecified atom stereocenters. The lowest BCUT2D eigenvalue weighted by atomic mass is 10.0. The van der Waals surface area contributed by atoms with Gasteiger partial charge in [0.25, 0.3) is 0 Å². The van der Waals surface area contributed by atoms with Crippen molar-refractivity contribution < 1.29 is 13.2 Å². The van der Waals surface area contributed by atoms with Crippen LogP contribution in [0.25, 0.3) is 0 Å². The molecule has 0 heterocycles. The molecule has 94 valence electrons. The Morgan fingerprint density at radius 3 is 2.38 bits per heavy atom. The molecule has 0 atom stereocenters. The Morgan fingerprint density at radius 2 is 2.00 bits per heavy atom. The van der Waals surface area contributed by atoms with Gasteiger partial charge in [0.15, 0.2) is 0 Å². The third kappa shape index (κ3) is 4.33. The number of rotatable bonds is 6. The van der Waals surface area contributed by atoms with Crippen LogP contribution in [0.5, 0.6) is 0 Å². The van der Waals surface area contributed by atoms with Gasteiger partial charge < -0.3 is 4.90 Å². The zero-order chi connectivity index (χ0) is 12.4. The molecule has 1 rings (SSSR count). The summed E-state index contributed by atoms with van der Waals surface area (Å²) in [6.07, 6.45) is 3.79. The molecule has 0 radical (unpaired) electrons. The van der Waals surface area contributed by atoms with Gasteiger partial charge in [0, 0.05) is 26.3 Å². The van der Waals surface area contributed by atoms with Crippen LogP contribution in [-0.2, 0) is 14.6 Å². The second-order valence-electron chi connectivity index (χ2n) is 4.78. The van der Waals surface area contributed by atoms with Gasteiger partial charge in [-0.1, -0.05) is 0 Å². The lowest BCUT2D eigenvalue weighted by molar-refractivity contribution is -0.130. The van der Waals surface area contributed by atoms with E-state index in [-0.39, 0.29) is 23.6 Å². The Morgan fingerprint density at radius 1 is 1.44 bits per heavy atom. The Balaban J connectivity index is 2.37. The highest BCUT2D eigenvalue weighted by Crippen LogP contribution is 2.49. The second-order valence-corrected chi connectivity index (χ2v) is 7.36. The van der Waals surface area contributed by atoms with Crippen molar-refractivity contribution in [3.63, 3.8) is 0 Å². The van der Waals surface area contributed by atoms with E-state index in [0.29, 0.717) is 6.42 Å². The topological polar surface area (TPSA) is 54.5 Å². The molecule has 0 saturated heterocycles. The fraction of sp³-hybridized carbons (Fsp3) is 0.900. The van der Waals surface area contributed by atoms with Gasteiger partial charge in [-0.3, -0.25) is 4.79 Å². The van der Waals surface area contributed by atoms with Crippen LogP contribution in [-0.4, -0.2) is 50.6 Å². The quantitative estimate of drug-likeness (QED) is 0.715. The summed E-state index contributed by atoms with van der Waals surface area (Å²) < 4.78 is 21.9. The Labute approximate surface area is 103 Å². The first kappa shape index (κ1) is 13.8. The first-order valence-electron chi connectivity index (χ1n) is 5.31. The van der Waals surface area contributed by atoms with E-state index < -0.39 is 9.84 Å². The average Bonchev–Trinajstić information content (AvgIpc) is 2.93. The van der Waals surface area contributed by atoms with Crippen LogP contribution in [0.2, 0.25) is 0 Å². The van der Waals surface area contributed by atoms with Crippen LogP contribution in [0, 0.1) is 5.41 Å². The smallest absolute Gasteiger partial charge is 0.222 e. The van der Waals surface area contributed by atoms with E-state index in [4.69, 9.17) is 0 Å². The molecule has 1 aliphatic carbocycles. The molecule has 1 amide bonds. The summed E-state index contributed by atoms with van der Waals surface area (Å²) in [5.41, 5.74) is 0.0968. The van der Waals surface area contributed by atoms with Crippen LogP contribution in [0.15, 0.2) is 0 Å². The van der Waals surface area contributed by atoms with Gasteiger partial charge in [0.2, 0.25) is 5.91 Å². The Hall–Kier alpha value is -0.230. The normalized spacial score (nSPS) is 18.2. The molecule has 6 heteroatoms. The number of carbonyl (C=O) groups excluding carboxylic acids is 1. The SMILES string of the molecule is CN(CCS(C)(=O)=O)C(=O)CC1(CS)CC1. The van der Waals surface area contributed by atoms with Crippen molar-refractivity contribution in [3.05, 3.63) is 0 Å². The molecule has 1 saturated carbocycles. The summed E-state index contributed by atoms with van der Waals surface area (Å²) in [5.74, 6) is 0.789. The van der Waals surface area contributed by atoms with E-state index in [1.165, 1.54) is 11.2 Å². The minimum absolute atomic E-state index is 0.0233. The first-order chi connectivity index (χ1) is 7.28. The van der Waals surface area contributed by atoms with Crippen molar-refractivity contribution >= 4 is 28.4 Å². The van der Waals surface area contributed by atoms with Gasteiger partial charge >= 0.3 is 0 Å². The second kappa shape index (κ2) is 4.96. The average molecular weight is 265 g/mol. The first-order valence-corrected chi connectivity index (χ1v) is 8.00.